The third-order valence-corrected chi connectivity index (χ3v) is 5.24. The van der Waals surface area contributed by atoms with Crippen LogP contribution >= 0.6 is 12.4 Å². The molecule has 1 amide bonds. The van der Waals surface area contributed by atoms with Crippen LogP contribution in [0.4, 0.5) is 0 Å². The first kappa shape index (κ1) is 20.3. The number of halogens is 1. The minimum Gasteiger partial charge on any atom is -0.337 e. The van der Waals surface area contributed by atoms with E-state index in [1.54, 1.807) is 4.90 Å². The summed E-state index contributed by atoms with van der Waals surface area (Å²) in [5, 5.41) is 11.1. The Hall–Kier alpha value is -2.44. The van der Waals surface area contributed by atoms with E-state index >= 15 is 0 Å². The van der Waals surface area contributed by atoms with Gasteiger partial charge in [0.25, 0.3) is 5.91 Å². The minimum absolute atomic E-state index is 0. The highest BCUT2D eigenvalue weighted by Crippen LogP contribution is 2.20. The number of aromatic nitrogens is 2. The van der Waals surface area contributed by atoms with Gasteiger partial charge >= 0.3 is 0 Å². The number of hydrogen-bond acceptors (Lipinski definition) is 5. The lowest BCUT2D eigenvalue weighted by atomic mass is 9.90. The number of fused-ring (bicyclic) bond motifs is 1. The third-order valence-electron chi connectivity index (χ3n) is 5.24. The molecule has 0 spiro atoms. The Morgan fingerprint density at radius 3 is 2.71 bits per heavy atom. The monoisotopic (exact) mass is 400 g/mol. The molecule has 0 aliphatic carbocycles. The van der Waals surface area contributed by atoms with E-state index in [9.17, 15) is 4.79 Å². The standard InChI is InChI=1S/C21H24N4O2.ClH/c1-25(14-17-5-6-19-20(13-17)24-27-23-19)21(26)18-4-2-3-16(12-18)11-15-7-9-22-10-8-15;/h2-6,12-13,15,22H,7-11,14H2,1H3;1H. The molecule has 4 rings (SSSR count). The number of hydrogen-bond donors (Lipinski definition) is 1. The molecule has 1 saturated heterocycles. The summed E-state index contributed by atoms with van der Waals surface area (Å²) in [6.45, 7) is 2.70. The Morgan fingerprint density at radius 1 is 1.11 bits per heavy atom. The van der Waals surface area contributed by atoms with Crippen LogP contribution in [0.25, 0.3) is 11.0 Å². The van der Waals surface area contributed by atoms with Crippen LogP contribution in [0.15, 0.2) is 47.1 Å². The van der Waals surface area contributed by atoms with Gasteiger partial charge in [-0.15, -0.1) is 12.4 Å². The van der Waals surface area contributed by atoms with E-state index in [0.717, 1.165) is 36.2 Å². The van der Waals surface area contributed by atoms with Crippen molar-refractivity contribution in [3.63, 3.8) is 0 Å². The Kier molecular flexibility index (Phi) is 6.65. The number of piperidine rings is 1. The Morgan fingerprint density at radius 2 is 1.89 bits per heavy atom. The van der Waals surface area contributed by atoms with Crippen molar-refractivity contribution in [3.8, 4) is 0 Å². The van der Waals surface area contributed by atoms with Gasteiger partial charge in [0.1, 0.15) is 11.0 Å². The molecule has 0 bridgehead atoms. The first-order valence-electron chi connectivity index (χ1n) is 9.45. The second-order valence-corrected chi connectivity index (χ2v) is 7.35. The predicted molar refractivity (Wildman–Crippen MR) is 111 cm³/mol. The molecule has 1 aromatic heterocycles. The fourth-order valence-electron chi connectivity index (χ4n) is 3.74. The first-order valence-corrected chi connectivity index (χ1v) is 9.45. The second kappa shape index (κ2) is 9.17. The summed E-state index contributed by atoms with van der Waals surface area (Å²) >= 11 is 0. The van der Waals surface area contributed by atoms with Crippen molar-refractivity contribution in [2.45, 2.75) is 25.8 Å². The molecule has 148 valence electrons. The fourth-order valence-corrected chi connectivity index (χ4v) is 3.74. The van der Waals surface area contributed by atoms with E-state index in [1.165, 1.54) is 18.4 Å². The zero-order valence-corrected chi connectivity index (χ0v) is 16.7. The summed E-state index contributed by atoms with van der Waals surface area (Å²) in [7, 11) is 1.83. The molecule has 1 fully saturated rings. The molecule has 7 heteroatoms. The average molecular weight is 401 g/mol. The molecule has 0 radical (unpaired) electrons. The molecule has 2 aromatic carbocycles. The molecule has 1 N–H and O–H groups in total. The molecule has 3 aromatic rings. The zero-order valence-electron chi connectivity index (χ0n) is 15.9. The molecular formula is C21H25ClN4O2. The van der Waals surface area contributed by atoms with Gasteiger partial charge in [0.05, 0.1) is 0 Å². The topological polar surface area (TPSA) is 71.3 Å². The van der Waals surface area contributed by atoms with Crippen molar-refractivity contribution in [1.82, 2.24) is 20.5 Å². The molecule has 0 atom stereocenters. The highest BCUT2D eigenvalue weighted by molar-refractivity contribution is 5.94. The van der Waals surface area contributed by atoms with Crippen molar-refractivity contribution in [3.05, 3.63) is 59.2 Å². The molecule has 28 heavy (non-hydrogen) atoms. The van der Waals surface area contributed by atoms with Gasteiger partial charge in [-0.1, -0.05) is 18.2 Å². The first-order chi connectivity index (χ1) is 13.2. The number of benzene rings is 2. The molecule has 0 unspecified atom stereocenters. The van der Waals surface area contributed by atoms with E-state index in [4.69, 9.17) is 4.63 Å². The number of carbonyl (C=O) groups excluding carboxylic acids is 1. The lowest BCUT2D eigenvalue weighted by Crippen LogP contribution is -2.29. The van der Waals surface area contributed by atoms with Gasteiger partial charge in [0.2, 0.25) is 0 Å². The van der Waals surface area contributed by atoms with Gasteiger partial charge < -0.3 is 10.2 Å². The van der Waals surface area contributed by atoms with Gasteiger partial charge in [-0.25, -0.2) is 4.63 Å². The van der Waals surface area contributed by atoms with Crippen molar-refractivity contribution in [2.24, 2.45) is 5.92 Å². The molecule has 1 aliphatic heterocycles. The maximum atomic E-state index is 12.9. The Labute approximate surface area is 170 Å². The number of rotatable bonds is 5. The van der Waals surface area contributed by atoms with Crippen molar-refractivity contribution >= 4 is 29.3 Å². The largest absolute Gasteiger partial charge is 0.337 e. The molecule has 1 aliphatic rings. The summed E-state index contributed by atoms with van der Waals surface area (Å²) < 4.78 is 4.73. The normalized spacial score (nSPS) is 14.6. The average Bonchev–Trinajstić information content (AvgIpc) is 3.16. The lowest BCUT2D eigenvalue weighted by Gasteiger charge is -2.23. The van der Waals surface area contributed by atoms with Gasteiger partial charge in [0.15, 0.2) is 0 Å². The van der Waals surface area contributed by atoms with E-state index in [2.05, 4.69) is 21.7 Å². The van der Waals surface area contributed by atoms with Crippen LogP contribution in [-0.4, -0.2) is 41.3 Å². The Balaban J connectivity index is 0.00000225. The summed E-state index contributed by atoms with van der Waals surface area (Å²) in [4.78, 5) is 14.6. The van der Waals surface area contributed by atoms with E-state index in [-0.39, 0.29) is 18.3 Å². The summed E-state index contributed by atoms with van der Waals surface area (Å²) in [6.07, 6.45) is 3.46. The maximum absolute atomic E-state index is 12.9. The second-order valence-electron chi connectivity index (χ2n) is 7.35. The van der Waals surface area contributed by atoms with Gasteiger partial charge in [0, 0.05) is 19.2 Å². The lowest BCUT2D eigenvalue weighted by molar-refractivity contribution is 0.0785. The van der Waals surface area contributed by atoms with Crippen molar-refractivity contribution in [1.29, 1.82) is 0 Å². The van der Waals surface area contributed by atoms with Gasteiger partial charge in [-0.05, 0) is 84.0 Å². The summed E-state index contributed by atoms with van der Waals surface area (Å²) in [5.41, 5.74) is 4.42. The van der Waals surface area contributed by atoms with Crippen LogP contribution in [0.1, 0.15) is 34.3 Å². The number of nitrogens with zero attached hydrogens (tertiary/aromatic N) is 3. The number of amides is 1. The molecular weight excluding hydrogens is 376 g/mol. The minimum atomic E-state index is 0. The van der Waals surface area contributed by atoms with Crippen molar-refractivity contribution in [2.75, 3.05) is 20.1 Å². The van der Waals surface area contributed by atoms with Gasteiger partial charge in [-0.3, -0.25) is 4.79 Å². The van der Waals surface area contributed by atoms with E-state index in [0.29, 0.717) is 18.0 Å². The van der Waals surface area contributed by atoms with Crippen molar-refractivity contribution < 1.29 is 9.42 Å². The van der Waals surface area contributed by atoms with Crippen LogP contribution in [0.2, 0.25) is 0 Å². The van der Waals surface area contributed by atoms with Crippen LogP contribution < -0.4 is 5.32 Å². The Bertz CT molecular complexity index is 937. The van der Waals surface area contributed by atoms with E-state index in [1.807, 2.05) is 43.4 Å². The van der Waals surface area contributed by atoms with Gasteiger partial charge in [-0.2, -0.15) is 0 Å². The highest BCUT2D eigenvalue weighted by atomic mass is 35.5. The number of nitrogens with one attached hydrogen (secondary N) is 1. The maximum Gasteiger partial charge on any atom is 0.253 e. The molecule has 2 heterocycles. The molecule has 0 saturated carbocycles. The van der Waals surface area contributed by atoms with Crippen LogP contribution in [0.5, 0.6) is 0 Å². The summed E-state index contributed by atoms with van der Waals surface area (Å²) in [6, 6.07) is 13.8. The quantitative estimate of drug-likeness (QED) is 0.710. The van der Waals surface area contributed by atoms with Crippen LogP contribution in [-0.2, 0) is 13.0 Å². The third kappa shape index (κ3) is 4.69. The van der Waals surface area contributed by atoms with E-state index < -0.39 is 0 Å². The van der Waals surface area contributed by atoms with Crippen LogP contribution in [0, 0.1) is 5.92 Å². The van der Waals surface area contributed by atoms with Crippen LogP contribution in [0.3, 0.4) is 0 Å². The fraction of sp³-hybridized carbons (Fsp3) is 0.381. The number of carbonyl (C=O) groups is 1. The highest BCUT2D eigenvalue weighted by Gasteiger charge is 2.16. The smallest absolute Gasteiger partial charge is 0.253 e. The summed E-state index contributed by atoms with van der Waals surface area (Å²) in [5.74, 6) is 0.734. The zero-order chi connectivity index (χ0) is 18.6. The predicted octanol–water partition coefficient (Wildman–Crippen LogP) is 3.46. The molecule has 6 nitrogen and oxygen atoms in total. The SMILES string of the molecule is CN(Cc1ccc2nonc2c1)C(=O)c1cccc(CC2CCNCC2)c1.Cl.